The Balaban J connectivity index is 1.62. The van der Waals surface area contributed by atoms with Gasteiger partial charge in [-0.3, -0.25) is 0 Å². The molecule has 2 nitrogen and oxygen atoms in total. The zero-order valence-corrected chi connectivity index (χ0v) is 13.4. The summed E-state index contributed by atoms with van der Waals surface area (Å²) < 4.78 is 16.0. The average molecular weight is 371 g/mol. The van der Waals surface area contributed by atoms with Crippen LogP contribution in [0.25, 0.3) is 0 Å². The van der Waals surface area contributed by atoms with Gasteiger partial charge in [0.25, 0.3) is 0 Å². The predicted molar refractivity (Wildman–Crippen MR) is 71.6 cm³/mol. The summed E-state index contributed by atoms with van der Waals surface area (Å²) in [6.45, 7) is 3.71. The van der Waals surface area contributed by atoms with Gasteiger partial charge in [0.1, 0.15) is 0 Å². The van der Waals surface area contributed by atoms with E-state index in [0.29, 0.717) is 12.5 Å². The molecule has 0 bridgehead atoms. The van der Waals surface area contributed by atoms with Crippen molar-refractivity contribution in [2.24, 2.45) is 5.92 Å². The van der Waals surface area contributed by atoms with E-state index in [1.807, 2.05) is 6.07 Å². The number of halogens is 1. The first-order valence-corrected chi connectivity index (χ1v) is 8.92. The zero-order valence-electron chi connectivity index (χ0n) is 11.3. The van der Waals surface area contributed by atoms with E-state index in [1.165, 1.54) is 9.99 Å². The van der Waals surface area contributed by atoms with E-state index in [1.54, 1.807) is 0 Å². The van der Waals surface area contributed by atoms with Crippen LogP contribution >= 0.6 is 0 Å². The molecule has 3 heteroatoms. The van der Waals surface area contributed by atoms with E-state index in [-0.39, 0.29) is 27.5 Å². The first-order chi connectivity index (χ1) is 9.36. The zero-order chi connectivity index (χ0) is 13.3. The van der Waals surface area contributed by atoms with Gasteiger partial charge in [0.15, 0.2) is 10.2 Å². The molecule has 1 aliphatic heterocycles. The van der Waals surface area contributed by atoms with Gasteiger partial charge in [-0.15, -0.1) is 0 Å². The first-order valence-electron chi connectivity index (χ1n) is 6.76. The normalized spacial score (nSPS) is 22.6. The summed E-state index contributed by atoms with van der Waals surface area (Å²) >= 11 is -0.163. The van der Waals surface area contributed by atoms with Crippen molar-refractivity contribution < 1.29 is 30.7 Å². The van der Waals surface area contributed by atoms with Crippen LogP contribution in [0.15, 0.2) is 30.3 Å². The molecule has 1 aliphatic rings. The van der Waals surface area contributed by atoms with Crippen molar-refractivity contribution in [1.82, 2.24) is 0 Å². The topological polar surface area (TPSA) is 18.5 Å². The van der Waals surface area contributed by atoms with Crippen molar-refractivity contribution in [3.05, 3.63) is 33.9 Å². The molecule has 0 aliphatic carbocycles. The third-order valence-corrected chi connectivity index (χ3v) is 5.01. The molecule has 0 aromatic heterocycles. The van der Waals surface area contributed by atoms with E-state index in [9.17, 15) is 0 Å². The molecule has 1 saturated heterocycles. The number of ether oxygens (including phenoxy) is 2. The number of hydrogen-bond acceptors (Lipinski definition) is 2. The Morgan fingerprint density at radius 3 is 3.00 bits per heavy atom. The van der Waals surface area contributed by atoms with Crippen LogP contribution in [0.2, 0.25) is 0 Å². The molecule has 0 saturated carbocycles. The maximum absolute atomic E-state index is 5.73. The van der Waals surface area contributed by atoms with E-state index < -0.39 is 0 Å². The summed E-state index contributed by atoms with van der Waals surface area (Å²) in [4.78, 5) is 0. The van der Waals surface area contributed by atoms with Crippen LogP contribution in [0, 0.1) is 19.3 Å². The lowest BCUT2D eigenvalue weighted by Crippen LogP contribution is -3.59. The van der Waals surface area contributed by atoms with Gasteiger partial charge in [-0.05, 0) is 30.9 Å². The molecule has 0 N–H and O–H groups in total. The highest BCUT2D eigenvalue weighted by Crippen LogP contribution is 2.20. The second-order valence-electron chi connectivity index (χ2n) is 4.64. The highest BCUT2D eigenvalue weighted by Gasteiger charge is 2.22. The van der Waals surface area contributed by atoms with E-state index >= 15 is 0 Å². The van der Waals surface area contributed by atoms with Crippen molar-refractivity contribution in [2.45, 2.75) is 32.5 Å². The Bertz CT molecular complexity index is 421. The van der Waals surface area contributed by atoms with Gasteiger partial charge in [0.05, 0.1) is 6.61 Å². The minimum Gasteiger partial charge on any atom is -0.352 e. The van der Waals surface area contributed by atoms with Crippen LogP contribution < -0.4 is 21.2 Å². The first kappa shape index (κ1) is 14.8. The van der Waals surface area contributed by atoms with Crippen LogP contribution in [0.5, 0.6) is 0 Å². The summed E-state index contributed by atoms with van der Waals surface area (Å²) in [5, 5.41) is 0. The molecule has 1 aromatic carbocycles. The summed E-state index contributed by atoms with van der Waals surface area (Å²) in [6, 6.07) is 10.5. The monoisotopic (exact) mass is 371 g/mol. The second-order valence-corrected chi connectivity index (χ2v) is 6.97. The molecule has 1 fully saturated rings. The third kappa shape index (κ3) is 5.52. The van der Waals surface area contributed by atoms with Crippen molar-refractivity contribution >= 4 is 0 Å². The lowest BCUT2D eigenvalue weighted by atomic mass is 10.0. The summed E-state index contributed by atoms with van der Waals surface area (Å²) in [7, 11) is 0. The van der Waals surface area contributed by atoms with Gasteiger partial charge in [0.2, 0.25) is 3.57 Å². The standard InChI is InChI=1S/C16H20IO2/c1-14-8-7-13-19-16(14)18-12-6-5-11-17-15-9-3-2-4-10-15/h2-4,9-10,14,16H,6-8,12-13H2,1H3/q+1/t14-,16+/m1/s1. The molecule has 0 unspecified atom stereocenters. The van der Waals surface area contributed by atoms with Gasteiger partial charge >= 0.3 is 21.2 Å². The van der Waals surface area contributed by atoms with Crippen LogP contribution in [0.3, 0.4) is 0 Å². The molecule has 2 rings (SSSR count). The predicted octanol–water partition coefficient (Wildman–Crippen LogP) is 0.0854. The third-order valence-electron chi connectivity index (χ3n) is 3.02. The maximum atomic E-state index is 5.73. The highest BCUT2D eigenvalue weighted by atomic mass is 127. The lowest BCUT2D eigenvalue weighted by Gasteiger charge is -2.28. The summed E-state index contributed by atoms with van der Waals surface area (Å²) in [5.74, 6) is 3.72. The molecule has 1 heterocycles. The van der Waals surface area contributed by atoms with Crippen molar-refractivity contribution in [3.8, 4) is 9.85 Å². The Kier molecular flexibility index (Phi) is 6.69. The maximum Gasteiger partial charge on any atom is 0.419 e. The molecule has 1 aromatic rings. The van der Waals surface area contributed by atoms with Crippen LogP contribution in [-0.2, 0) is 9.47 Å². The number of hydrogen-bond donors (Lipinski definition) is 0. The van der Waals surface area contributed by atoms with Gasteiger partial charge in [-0.1, -0.05) is 25.1 Å². The average Bonchev–Trinajstić information content (AvgIpc) is 2.45. The van der Waals surface area contributed by atoms with E-state index in [4.69, 9.17) is 9.47 Å². The lowest BCUT2D eigenvalue weighted by molar-refractivity contribution is -0.535. The minimum atomic E-state index is -0.163. The fourth-order valence-corrected chi connectivity index (χ4v) is 3.50. The Labute approximate surface area is 126 Å². The largest absolute Gasteiger partial charge is 0.419 e. The highest BCUT2D eigenvalue weighted by molar-refractivity contribution is 5.00. The van der Waals surface area contributed by atoms with Gasteiger partial charge in [0, 0.05) is 18.9 Å². The second kappa shape index (κ2) is 8.57. The van der Waals surface area contributed by atoms with Gasteiger partial charge < -0.3 is 9.47 Å². The number of rotatable bonds is 4. The van der Waals surface area contributed by atoms with Crippen LogP contribution in [0.1, 0.15) is 26.2 Å². The fraction of sp³-hybridized carbons (Fsp3) is 0.500. The van der Waals surface area contributed by atoms with Crippen molar-refractivity contribution in [2.75, 3.05) is 13.2 Å². The van der Waals surface area contributed by atoms with Gasteiger partial charge in [-0.2, -0.15) is 0 Å². The molecule has 102 valence electrons. The Hall–Kier alpha value is -0.570. The Morgan fingerprint density at radius 1 is 1.37 bits per heavy atom. The molecule has 0 spiro atoms. The van der Waals surface area contributed by atoms with E-state index in [0.717, 1.165) is 19.4 Å². The molecule has 0 radical (unpaired) electrons. The van der Waals surface area contributed by atoms with Crippen molar-refractivity contribution in [1.29, 1.82) is 0 Å². The molecule has 19 heavy (non-hydrogen) atoms. The SMILES string of the molecule is C[C@@H]1CCCO[C@@H]1OCCC#C[I+]c1ccccc1. The fourth-order valence-electron chi connectivity index (χ4n) is 1.96. The summed E-state index contributed by atoms with van der Waals surface area (Å²) in [6.07, 6.45) is 3.15. The van der Waals surface area contributed by atoms with Gasteiger partial charge in [-0.25, -0.2) is 0 Å². The molecule has 0 amide bonds. The molecular weight excluding hydrogens is 351 g/mol. The minimum absolute atomic E-state index is 0.0145. The number of benzene rings is 1. The smallest absolute Gasteiger partial charge is 0.352 e. The van der Waals surface area contributed by atoms with Crippen LogP contribution in [0.4, 0.5) is 0 Å². The quantitative estimate of drug-likeness (QED) is 0.424. The Morgan fingerprint density at radius 2 is 2.21 bits per heavy atom. The van der Waals surface area contributed by atoms with E-state index in [2.05, 4.69) is 41.0 Å². The van der Waals surface area contributed by atoms with Crippen LogP contribution in [-0.4, -0.2) is 19.5 Å². The van der Waals surface area contributed by atoms with Crippen molar-refractivity contribution in [3.63, 3.8) is 0 Å². The molecule has 2 atom stereocenters. The molecular formula is C16H20IO2+. The summed E-state index contributed by atoms with van der Waals surface area (Å²) in [5.41, 5.74) is 0.